The summed E-state index contributed by atoms with van der Waals surface area (Å²) in [6, 6.07) is 7.47. The summed E-state index contributed by atoms with van der Waals surface area (Å²) in [4.78, 5) is 11.4. The molecule has 0 fully saturated rings. The van der Waals surface area contributed by atoms with Crippen molar-refractivity contribution in [1.29, 1.82) is 5.41 Å². The van der Waals surface area contributed by atoms with Crippen molar-refractivity contribution < 1.29 is 9.53 Å². The highest BCUT2D eigenvalue weighted by molar-refractivity contribution is 8.14. The quantitative estimate of drug-likeness (QED) is 0.538. The zero-order valence-electron chi connectivity index (χ0n) is 9.53. The molecule has 0 radical (unpaired) electrons. The molecule has 92 valence electrons. The number of nitrogens with two attached hydrogens (primary N) is 1. The molecule has 0 aliphatic rings. The van der Waals surface area contributed by atoms with Crippen LogP contribution < -0.4 is 15.8 Å². The number of methoxy groups -OCH3 is 1. The Balaban J connectivity index is 2.39. The summed E-state index contributed by atoms with van der Waals surface area (Å²) in [5, 5.41) is 9.67. The van der Waals surface area contributed by atoms with Crippen LogP contribution in [0.15, 0.2) is 24.3 Å². The lowest BCUT2D eigenvalue weighted by Gasteiger charge is -2.06. The van der Waals surface area contributed by atoms with E-state index in [4.69, 9.17) is 15.9 Å². The summed E-state index contributed by atoms with van der Waals surface area (Å²) in [5.41, 5.74) is 6.10. The predicted octanol–water partition coefficient (Wildman–Crippen LogP) is 0.938. The molecule has 1 rings (SSSR count). The van der Waals surface area contributed by atoms with Gasteiger partial charge < -0.3 is 15.8 Å². The molecule has 0 saturated heterocycles. The van der Waals surface area contributed by atoms with Crippen LogP contribution in [0, 0.1) is 5.41 Å². The number of thioether (sulfide) groups is 1. The number of hydrogen-bond acceptors (Lipinski definition) is 4. The van der Waals surface area contributed by atoms with Gasteiger partial charge in [-0.25, -0.2) is 0 Å². The van der Waals surface area contributed by atoms with Gasteiger partial charge in [-0.3, -0.25) is 10.2 Å². The second kappa shape index (κ2) is 6.80. The van der Waals surface area contributed by atoms with Gasteiger partial charge in [-0.2, -0.15) is 0 Å². The number of carbonyl (C=O) groups excluding carboxylic acids is 1. The topological polar surface area (TPSA) is 88.2 Å². The van der Waals surface area contributed by atoms with E-state index in [0.717, 1.165) is 23.1 Å². The summed E-state index contributed by atoms with van der Waals surface area (Å²) in [5.74, 6) is 0.780. The maximum Gasteiger partial charge on any atom is 0.230 e. The van der Waals surface area contributed by atoms with Gasteiger partial charge in [0.25, 0.3) is 0 Å². The van der Waals surface area contributed by atoms with Gasteiger partial charge in [-0.05, 0) is 17.7 Å². The predicted molar refractivity (Wildman–Crippen MR) is 69.2 cm³/mol. The summed E-state index contributed by atoms with van der Waals surface area (Å²) in [6.45, 7) is 0.439. The summed E-state index contributed by atoms with van der Waals surface area (Å²) >= 11 is 1.01. The Morgan fingerprint density at radius 1 is 1.59 bits per heavy atom. The van der Waals surface area contributed by atoms with E-state index in [1.807, 2.05) is 24.3 Å². The second-order valence-electron chi connectivity index (χ2n) is 3.28. The van der Waals surface area contributed by atoms with E-state index in [0.29, 0.717) is 6.54 Å². The largest absolute Gasteiger partial charge is 0.497 e. The molecule has 0 aromatic heterocycles. The van der Waals surface area contributed by atoms with E-state index in [1.165, 1.54) is 0 Å². The lowest BCUT2D eigenvalue weighted by atomic mass is 10.2. The number of amidine groups is 1. The highest BCUT2D eigenvalue weighted by atomic mass is 32.2. The van der Waals surface area contributed by atoms with E-state index >= 15 is 0 Å². The average Bonchev–Trinajstić information content (AvgIpc) is 2.34. The Kier molecular flexibility index (Phi) is 5.35. The third-order valence-electron chi connectivity index (χ3n) is 1.98. The van der Waals surface area contributed by atoms with Crippen LogP contribution in [0.3, 0.4) is 0 Å². The van der Waals surface area contributed by atoms with Crippen LogP contribution >= 0.6 is 11.8 Å². The zero-order valence-corrected chi connectivity index (χ0v) is 10.3. The third kappa shape index (κ3) is 5.26. The molecule has 4 N–H and O–H groups in total. The van der Waals surface area contributed by atoms with Gasteiger partial charge in [-0.15, -0.1) is 0 Å². The standard InChI is InChI=1S/C11H15N3O2S/c1-16-9-4-2-3-8(5-9)6-14-10(15)7-17-11(12)13/h2-5H,6-7H2,1H3,(H3,12,13)(H,14,15). The first kappa shape index (κ1) is 13.4. The van der Waals surface area contributed by atoms with Crippen LogP contribution in [0.1, 0.15) is 5.56 Å². The van der Waals surface area contributed by atoms with E-state index in [9.17, 15) is 4.79 Å². The molecule has 1 aromatic carbocycles. The van der Waals surface area contributed by atoms with Crippen molar-refractivity contribution in [2.24, 2.45) is 5.73 Å². The first-order valence-electron chi connectivity index (χ1n) is 4.98. The van der Waals surface area contributed by atoms with E-state index in [1.54, 1.807) is 7.11 Å². The molecule has 0 aliphatic carbocycles. The molecule has 0 heterocycles. The average molecular weight is 253 g/mol. The van der Waals surface area contributed by atoms with Crippen molar-refractivity contribution >= 4 is 22.8 Å². The number of amides is 1. The molecule has 17 heavy (non-hydrogen) atoms. The number of hydrogen-bond donors (Lipinski definition) is 3. The lowest BCUT2D eigenvalue weighted by Crippen LogP contribution is -2.25. The van der Waals surface area contributed by atoms with Gasteiger partial charge in [0.1, 0.15) is 5.75 Å². The minimum Gasteiger partial charge on any atom is -0.497 e. The summed E-state index contributed by atoms with van der Waals surface area (Å²) in [7, 11) is 1.60. The monoisotopic (exact) mass is 253 g/mol. The van der Waals surface area contributed by atoms with Gasteiger partial charge in [0, 0.05) is 6.54 Å². The highest BCUT2D eigenvalue weighted by Crippen LogP contribution is 2.12. The number of benzene rings is 1. The van der Waals surface area contributed by atoms with Gasteiger partial charge in [0.15, 0.2) is 5.17 Å². The lowest BCUT2D eigenvalue weighted by molar-refractivity contribution is -0.118. The molecule has 1 aromatic rings. The molecular weight excluding hydrogens is 238 g/mol. The fourth-order valence-corrected chi connectivity index (χ4v) is 1.57. The molecule has 1 amide bonds. The molecule has 0 atom stereocenters. The zero-order chi connectivity index (χ0) is 12.7. The third-order valence-corrected chi connectivity index (χ3v) is 2.70. The first-order chi connectivity index (χ1) is 8.11. The maximum absolute atomic E-state index is 11.4. The van der Waals surface area contributed by atoms with Crippen LogP contribution in [-0.2, 0) is 11.3 Å². The number of rotatable bonds is 5. The normalized spacial score (nSPS) is 9.71. The number of carbonyl (C=O) groups is 1. The second-order valence-corrected chi connectivity index (χ2v) is 4.30. The van der Waals surface area contributed by atoms with Gasteiger partial charge in [0.2, 0.25) is 5.91 Å². The van der Waals surface area contributed by atoms with Crippen molar-refractivity contribution in [3.8, 4) is 5.75 Å². The van der Waals surface area contributed by atoms with Crippen molar-refractivity contribution in [2.45, 2.75) is 6.54 Å². The Bertz CT molecular complexity index is 409. The Labute approximate surface area is 104 Å². The smallest absolute Gasteiger partial charge is 0.230 e. The van der Waals surface area contributed by atoms with Crippen LogP contribution in [0.25, 0.3) is 0 Å². The van der Waals surface area contributed by atoms with Crippen LogP contribution in [-0.4, -0.2) is 23.9 Å². The van der Waals surface area contributed by atoms with Crippen LogP contribution in [0.2, 0.25) is 0 Å². The van der Waals surface area contributed by atoms with E-state index in [2.05, 4.69) is 5.32 Å². The summed E-state index contributed by atoms with van der Waals surface area (Å²) < 4.78 is 5.08. The highest BCUT2D eigenvalue weighted by Gasteiger charge is 2.03. The van der Waals surface area contributed by atoms with E-state index in [-0.39, 0.29) is 16.8 Å². The van der Waals surface area contributed by atoms with Crippen molar-refractivity contribution in [2.75, 3.05) is 12.9 Å². The number of ether oxygens (including phenoxy) is 1. The number of nitrogens with one attached hydrogen (secondary N) is 2. The first-order valence-corrected chi connectivity index (χ1v) is 5.97. The maximum atomic E-state index is 11.4. The minimum atomic E-state index is -0.145. The molecule has 0 spiro atoms. The van der Waals surface area contributed by atoms with Crippen molar-refractivity contribution in [3.63, 3.8) is 0 Å². The molecule has 0 bridgehead atoms. The Morgan fingerprint density at radius 2 is 2.35 bits per heavy atom. The molecule has 0 saturated carbocycles. The molecule has 0 unspecified atom stereocenters. The molecule has 6 heteroatoms. The summed E-state index contributed by atoms with van der Waals surface area (Å²) in [6.07, 6.45) is 0. The van der Waals surface area contributed by atoms with Crippen molar-refractivity contribution in [3.05, 3.63) is 29.8 Å². The van der Waals surface area contributed by atoms with E-state index < -0.39 is 0 Å². The fraction of sp³-hybridized carbons (Fsp3) is 0.273. The fourth-order valence-electron chi connectivity index (χ4n) is 1.18. The van der Waals surface area contributed by atoms with Crippen molar-refractivity contribution in [1.82, 2.24) is 5.32 Å². The minimum absolute atomic E-state index is 0.0541. The van der Waals surface area contributed by atoms with Gasteiger partial charge in [0.05, 0.1) is 12.9 Å². The Morgan fingerprint density at radius 3 is 3.00 bits per heavy atom. The van der Waals surface area contributed by atoms with Gasteiger partial charge in [-0.1, -0.05) is 23.9 Å². The Hall–Kier alpha value is -1.69. The molecule has 0 aliphatic heterocycles. The molecular formula is C11H15N3O2S. The van der Waals surface area contributed by atoms with Gasteiger partial charge >= 0.3 is 0 Å². The SMILES string of the molecule is COc1cccc(CNC(=O)CSC(=N)N)c1. The van der Waals surface area contributed by atoms with Crippen LogP contribution in [0.4, 0.5) is 0 Å². The van der Waals surface area contributed by atoms with Crippen LogP contribution in [0.5, 0.6) is 5.75 Å². The molecule has 5 nitrogen and oxygen atoms in total.